The van der Waals surface area contributed by atoms with Gasteiger partial charge in [-0.05, 0) is 24.3 Å². The number of hydrogen-bond acceptors (Lipinski definition) is 2. The number of carbonyl (C=O) groups is 1. The first-order valence-corrected chi connectivity index (χ1v) is 7.43. The van der Waals surface area contributed by atoms with E-state index in [0.29, 0.717) is 16.4 Å². The van der Waals surface area contributed by atoms with Gasteiger partial charge in [0.15, 0.2) is 6.29 Å². The molecule has 0 amide bonds. The summed E-state index contributed by atoms with van der Waals surface area (Å²) in [7, 11) is 0. The Morgan fingerprint density at radius 2 is 1.71 bits per heavy atom. The van der Waals surface area contributed by atoms with Gasteiger partial charge in [-0.3, -0.25) is 4.79 Å². The Morgan fingerprint density at radius 1 is 1.05 bits per heavy atom. The average Bonchev–Trinajstić information content (AvgIpc) is 2.85. The van der Waals surface area contributed by atoms with Crippen LogP contribution in [0.2, 0.25) is 5.15 Å². The fourth-order valence-corrected chi connectivity index (χ4v) is 2.61. The Morgan fingerprint density at radius 3 is 2.33 bits per heavy atom. The van der Waals surface area contributed by atoms with Crippen LogP contribution in [0, 0.1) is 0 Å². The van der Waals surface area contributed by atoms with Crippen molar-refractivity contribution in [2.24, 2.45) is 0 Å². The molecule has 3 nitrogen and oxygen atoms in total. The zero-order chi connectivity index (χ0) is 14.8. The minimum Gasteiger partial charge on any atom is -0.298 e. The van der Waals surface area contributed by atoms with E-state index in [1.165, 1.54) is 0 Å². The van der Waals surface area contributed by atoms with Gasteiger partial charge in [0.2, 0.25) is 0 Å². The predicted molar refractivity (Wildman–Crippen MR) is 87.1 cm³/mol. The molecule has 0 bridgehead atoms. The summed E-state index contributed by atoms with van der Waals surface area (Å²) in [5.74, 6) is 0. The number of aldehydes is 1. The molecule has 0 spiro atoms. The third-order valence-electron chi connectivity index (χ3n) is 3.10. The topological polar surface area (TPSA) is 34.9 Å². The molecule has 0 aliphatic heterocycles. The summed E-state index contributed by atoms with van der Waals surface area (Å²) in [5, 5.41) is 4.80. The van der Waals surface area contributed by atoms with Crippen molar-refractivity contribution in [2.75, 3.05) is 0 Å². The second kappa shape index (κ2) is 5.84. The van der Waals surface area contributed by atoms with Crippen molar-refractivity contribution >= 4 is 33.8 Å². The monoisotopic (exact) mass is 360 g/mol. The van der Waals surface area contributed by atoms with E-state index >= 15 is 0 Å². The largest absolute Gasteiger partial charge is 0.298 e. The molecule has 3 aromatic rings. The van der Waals surface area contributed by atoms with Crippen LogP contribution in [0.25, 0.3) is 16.9 Å². The van der Waals surface area contributed by atoms with Crippen LogP contribution < -0.4 is 0 Å². The van der Waals surface area contributed by atoms with E-state index in [9.17, 15) is 4.79 Å². The van der Waals surface area contributed by atoms with Gasteiger partial charge in [-0.1, -0.05) is 57.9 Å². The standard InChI is InChI=1S/C16H10BrClN2O/c17-12-8-6-11(7-9-12)15-14(10-21)16(18)20(19-15)13-4-2-1-3-5-13/h1-10H. The van der Waals surface area contributed by atoms with Crippen LogP contribution in [0.15, 0.2) is 59.1 Å². The number of halogens is 2. The molecule has 2 aromatic carbocycles. The minimum atomic E-state index is 0.314. The molecule has 5 heteroatoms. The fraction of sp³-hybridized carbons (Fsp3) is 0. The number of hydrogen-bond donors (Lipinski definition) is 0. The van der Waals surface area contributed by atoms with Crippen molar-refractivity contribution in [3.05, 3.63) is 69.8 Å². The van der Waals surface area contributed by atoms with Gasteiger partial charge < -0.3 is 0 Å². The summed E-state index contributed by atoms with van der Waals surface area (Å²) in [6, 6.07) is 17.1. The van der Waals surface area contributed by atoms with Gasteiger partial charge in [0.25, 0.3) is 0 Å². The molecule has 0 radical (unpaired) electrons. The first-order chi connectivity index (χ1) is 10.2. The van der Waals surface area contributed by atoms with Crippen LogP contribution in [-0.4, -0.2) is 16.1 Å². The highest BCUT2D eigenvalue weighted by molar-refractivity contribution is 9.10. The number of para-hydroxylation sites is 1. The van der Waals surface area contributed by atoms with Crippen LogP contribution >= 0.6 is 27.5 Å². The third kappa shape index (κ3) is 2.64. The van der Waals surface area contributed by atoms with Crippen molar-refractivity contribution < 1.29 is 4.79 Å². The molecule has 0 atom stereocenters. The molecule has 1 aromatic heterocycles. The molecular formula is C16H10BrClN2O. The highest BCUT2D eigenvalue weighted by atomic mass is 79.9. The lowest BCUT2D eigenvalue weighted by Crippen LogP contribution is -1.96. The van der Waals surface area contributed by atoms with E-state index in [4.69, 9.17) is 11.6 Å². The summed E-state index contributed by atoms with van der Waals surface area (Å²) in [6.07, 6.45) is 0.742. The van der Waals surface area contributed by atoms with Gasteiger partial charge in [0.1, 0.15) is 10.8 Å². The van der Waals surface area contributed by atoms with Gasteiger partial charge >= 0.3 is 0 Å². The number of nitrogens with zero attached hydrogens (tertiary/aromatic N) is 2. The molecule has 1 heterocycles. The van der Waals surface area contributed by atoms with Crippen molar-refractivity contribution in [1.29, 1.82) is 0 Å². The summed E-state index contributed by atoms with van der Waals surface area (Å²) in [4.78, 5) is 11.4. The molecule has 0 aliphatic carbocycles. The fourth-order valence-electron chi connectivity index (χ4n) is 2.08. The molecular weight excluding hydrogens is 352 g/mol. The summed E-state index contributed by atoms with van der Waals surface area (Å²) < 4.78 is 2.54. The second-order valence-electron chi connectivity index (χ2n) is 4.43. The van der Waals surface area contributed by atoms with Gasteiger partial charge in [-0.2, -0.15) is 5.10 Å². The summed E-state index contributed by atoms with van der Waals surface area (Å²) in [6.45, 7) is 0. The quantitative estimate of drug-likeness (QED) is 0.630. The van der Waals surface area contributed by atoms with Gasteiger partial charge in [0, 0.05) is 10.0 Å². The van der Waals surface area contributed by atoms with E-state index in [1.807, 2.05) is 54.6 Å². The Bertz CT molecular complexity index is 782. The van der Waals surface area contributed by atoms with E-state index in [0.717, 1.165) is 22.0 Å². The maximum absolute atomic E-state index is 11.4. The number of aromatic nitrogens is 2. The van der Waals surface area contributed by atoms with E-state index in [1.54, 1.807) is 4.68 Å². The van der Waals surface area contributed by atoms with Gasteiger partial charge in [-0.15, -0.1) is 0 Å². The molecule has 3 rings (SSSR count). The zero-order valence-corrected chi connectivity index (χ0v) is 13.2. The SMILES string of the molecule is O=Cc1c(-c2ccc(Br)cc2)nn(-c2ccccc2)c1Cl. The van der Waals surface area contributed by atoms with Crippen molar-refractivity contribution in [2.45, 2.75) is 0 Å². The molecule has 0 unspecified atom stereocenters. The van der Waals surface area contributed by atoms with Crippen LogP contribution in [0.4, 0.5) is 0 Å². The molecule has 0 saturated heterocycles. The van der Waals surface area contributed by atoms with E-state index in [2.05, 4.69) is 21.0 Å². The number of carbonyl (C=O) groups excluding carboxylic acids is 1. The lowest BCUT2D eigenvalue weighted by atomic mass is 10.1. The van der Waals surface area contributed by atoms with Crippen LogP contribution in [0.3, 0.4) is 0 Å². The number of benzene rings is 2. The number of rotatable bonds is 3. The van der Waals surface area contributed by atoms with Crippen molar-refractivity contribution in [1.82, 2.24) is 9.78 Å². The summed E-state index contributed by atoms with van der Waals surface area (Å²) >= 11 is 9.69. The molecule has 0 aliphatic rings. The Labute approximate surface area is 135 Å². The van der Waals surface area contributed by atoms with Crippen LogP contribution in [0.5, 0.6) is 0 Å². The smallest absolute Gasteiger partial charge is 0.155 e. The first kappa shape index (κ1) is 14.0. The highest BCUT2D eigenvalue weighted by Crippen LogP contribution is 2.30. The molecule has 104 valence electrons. The Hall–Kier alpha value is -1.91. The predicted octanol–water partition coefficient (Wildman–Crippen LogP) is 4.77. The van der Waals surface area contributed by atoms with E-state index in [-0.39, 0.29) is 0 Å². The molecule has 0 saturated carbocycles. The maximum Gasteiger partial charge on any atom is 0.155 e. The molecule has 21 heavy (non-hydrogen) atoms. The minimum absolute atomic E-state index is 0.314. The van der Waals surface area contributed by atoms with Gasteiger partial charge in [-0.25, -0.2) is 4.68 Å². The second-order valence-corrected chi connectivity index (χ2v) is 5.70. The maximum atomic E-state index is 11.4. The third-order valence-corrected chi connectivity index (χ3v) is 3.99. The van der Waals surface area contributed by atoms with Crippen LogP contribution in [-0.2, 0) is 0 Å². The van der Waals surface area contributed by atoms with Crippen molar-refractivity contribution in [3.63, 3.8) is 0 Å². The molecule has 0 N–H and O–H groups in total. The first-order valence-electron chi connectivity index (χ1n) is 6.26. The highest BCUT2D eigenvalue weighted by Gasteiger charge is 2.18. The lowest BCUT2D eigenvalue weighted by molar-refractivity contribution is 0.112. The Balaban J connectivity index is 2.18. The average molecular weight is 362 g/mol. The summed E-state index contributed by atoms with van der Waals surface area (Å²) in [5.41, 5.74) is 2.63. The Kier molecular flexibility index (Phi) is 3.90. The van der Waals surface area contributed by atoms with Crippen LogP contribution in [0.1, 0.15) is 10.4 Å². The van der Waals surface area contributed by atoms with E-state index < -0.39 is 0 Å². The normalized spacial score (nSPS) is 10.6. The zero-order valence-electron chi connectivity index (χ0n) is 10.8. The van der Waals surface area contributed by atoms with Gasteiger partial charge in [0.05, 0.1) is 11.3 Å². The van der Waals surface area contributed by atoms with Crippen molar-refractivity contribution in [3.8, 4) is 16.9 Å². The molecule has 0 fully saturated rings. The lowest BCUT2D eigenvalue weighted by Gasteiger charge is -2.01.